The van der Waals surface area contributed by atoms with Crippen molar-refractivity contribution in [3.63, 3.8) is 0 Å². The van der Waals surface area contributed by atoms with Gasteiger partial charge in [0, 0.05) is 38.7 Å². The Balaban J connectivity index is 1.20. The number of fused-ring (bicyclic) bond motifs is 7. The standard InChI is InChI=1S/C48H34N2/c1-3-13-33(14-4-1)34-23-25-35(26-24-34)36-27-29-38(30-28-36)49-45-21-11-8-18-40(45)42-31-32-43-41-19-9-12-22-46(41)50(48(43)47(42)49)44-20-10-7-17-39(44)37-15-5-2-6-16-37/h1-23,25-32,34H,24H2. The molecule has 1 aliphatic carbocycles. The fraction of sp³-hybridized carbons (Fsp3) is 0.0417. The zero-order valence-corrected chi connectivity index (χ0v) is 27.6. The topological polar surface area (TPSA) is 9.86 Å². The van der Waals surface area contributed by atoms with Crippen molar-refractivity contribution in [3.8, 4) is 22.5 Å². The number of rotatable bonds is 5. The van der Waals surface area contributed by atoms with Crippen LogP contribution in [0.25, 0.3) is 71.7 Å². The molecule has 1 atom stereocenters. The molecule has 1 unspecified atom stereocenters. The summed E-state index contributed by atoms with van der Waals surface area (Å²) in [6.45, 7) is 0. The smallest absolute Gasteiger partial charge is 0.0789 e. The second kappa shape index (κ2) is 11.6. The Kier molecular flexibility index (Phi) is 6.67. The lowest BCUT2D eigenvalue weighted by atomic mass is 9.88. The predicted octanol–water partition coefficient (Wildman–Crippen LogP) is 12.7. The highest BCUT2D eigenvalue weighted by Crippen LogP contribution is 2.43. The monoisotopic (exact) mass is 638 g/mol. The van der Waals surface area contributed by atoms with E-state index in [-0.39, 0.29) is 0 Å². The number of benzene rings is 7. The Morgan fingerprint density at radius 2 is 1.02 bits per heavy atom. The van der Waals surface area contributed by atoms with Crippen molar-refractivity contribution in [3.05, 3.63) is 199 Å². The molecule has 0 saturated heterocycles. The summed E-state index contributed by atoms with van der Waals surface area (Å²) in [6.07, 6.45) is 8.05. The first-order valence-corrected chi connectivity index (χ1v) is 17.5. The average molecular weight is 639 g/mol. The van der Waals surface area contributed by atoms with Crippen LogP contribution in [0.3, 0.4) is 0 Å². The van der Waals surface area contributed by atoms with Crippen LogP contribution in [0.15, 0.2) is 188 Å². The van der Waals surface area contributed by atoms with E-state index in [2.05, 4.69) is 197 Å². The normalized spacial score (nSPS) is 14.6. The van der Waals surface area contributed by atoms with Crippen molar-refractivity contribution in [1.82, 2.24) is 9.13 Å². The third-order valence-corrected chi connectivity index (χ3v) is 10.5. The molecule has 2 aromatic heterocycles. The molecular weight excluding hydrogens is 605 g/mol. The summed E-state index contributed by atoms with van der Waals surface area (Å²) in [5.41, 5.74) is 13.5. The SMILES string of the molecule is C1=CC(c2ccccc2)CC=C1c1ccc(-n2c3ccccc3c3ccc4c5ccccc5n(-c5ccccc5-c5ccccc5)c4c32)cc1. The zero-order chi connectivity index (χ0) is 33.0. The number of allylic oxidation sites excluding steroid dienone is 4. The van der Waals surface area contributed by atoms with Gasteiger partial charge in [0.25, 0.3) is 0 Å². The van der Waals surface area contributed by atoms with E-state index in [0.717, 1.165) is 12.1 Å². The van der Waals surface area contributed by atoms with Gasteiger partial charge >= 0.3 is 0 Å². The molecule has 1 aliphatic rings. The second-order valence-electron chi connectivity index (χ2n) is 13.3. The van der Waals surface area contributed by atoms with Crippen LogP contribution in [-0.2, 0) is 0 Å². The van der Waals surface area contributed by atoms with E-state index in [1.807, 2.05) is 0 Å². The van der Waals surface area contributed by atoms with Gasteiger partial charge in [-0.2, -0.15) is 0 Å². The van der Waals surface area contributed by atoms with Gasteiger partial charge in [0.05, 0.1) is 27.8 Å². The fourth-order valence-corrected chi connectivity index (χ4v) is 8.13. The Bertz CT molecular complexity index is 2760. The second-order valence-corrected chi connectivity index (χ2v) is 13.3. The molecule has 50 heavy (non-hydrogen) atoms. The first kappa shape index (κ1) is 28.6. The van der Waals surface area contributed by atoms with Crippen molar-refractivity contribution in [2.75, 3.05) is 0 Å². The summed E-state index contributed by atoms with van der Waals surface area (Å²) >= 11 is 0. The number of aromatic nitrogens is 2. The maximum atomic E-state index is 2.50. The minimum absolute atomic E-state index is 0.429. The van der Waals surface area contributed by atoms with Crippen LogP contribution in [0, 0.1) is 0 Å². The molecule has 0 radical (unpaired) electrons. The highest BCUT2D eigenvalue weighted by Gasteiger charge is 2.22. The van der Waals surface area contributed by atoms with Gasteiger partial charge in [-0.15, -0.1) is 0 Å². The Morgan fingerprint density at radius 3 is 1.70 bits per heavy atom. The molecule has 0 bridgehead atoms. The largest absolute Gasteiger partial charge is 0.307 e. The maximum absolute atomic E-state index is 2.50. The molecule has 0 spiro atoms. The third kappa shape index (κ3) is 4.49. The zero-order valence-electron chi connectivity index (χ0n) is 27.6. The van der Waals surface area contributed by atoms with Crippen molar-refractivity contribution in [1.29, 1.82) is 0 Å². The lowest BCUT2D eigenvalue weighted by Gasteiger charge is -2.17. The molecule has 2 heterocycles. The minimum atomic E-state index is 0.429. The van der Waals surface area contributed by atoms with Gasteiger partial charge in [-0.1, -0.05) is 158 Å². The molecule has 2 nitrogen and oxygen atoms in total. The van der Waals surface area contributed by atoms with Crippen molar-refractivity contribution >= 4 is 49.2 Å². The van der Waals surface area contributed by atoms with Gasteiger partial charge in [0.2, 0.25) is 0 Å². The molecular formula is C48H34N2. The minimum Gasteiger partial charge on any atom is -0.307 e. The van der Waals surface area contributed by atoms with E-state index in [1.165, 1.54) is 77.1 Å². The van der Waals surface area contributed by atoms with E-state index >= 15 is 0 Å². The molecule has 0 fully saturated rings. The summed E-state index contributed by atoms with van der Waals surface area (Å²) in [4.78, 5) is 0. The first-order valence-electron chi connectivity index (χ1n) is 17.5. The van der Waals surface area contributed by atoms with E-state index in [9.17, 15) is 0 Å². The summed E-state index contributed by atoms with van der Waals surface area (Å²) in [5.74, 6) is 0.429. The highest BCUT2D eigenvalue weighted by molar-refractivity contribution is 6.24. The summed E-state index contributed by atoms with van der Waals surface area (Å²) in [7, 11) is 0. The van der Waals surface area contributed by atoms with Crippen LogP contribution in [0.2, 0.25) is 0 Å². The van der Waals surface area contributed by atoms with Crippen LogP contribution in [0.1, 0.15) is 23.5 Å². The van der Waals surface area contributed by atoms with Crippen LogP contribution < -0.4 is 0 Å². The Morgan fingerprint density at radius 1 is 0.440 bits per heavy atom. The van der Waals surface area contributed by atoms with Crippen LogP contribution in [-0.4, -0.2) is 9.13 Å². The lowest BCUT2D eigenvalue weighted by molar-refractivity contribution is 0.856. The van der Waals surface area contributed by atoms with Gasteiger partial charge in [0.15, 0.2) is 0 Å². The van der Waals surface area contributed by atoms with E-state index in [1.54, 1.807) is 0 Å². The molecule has 7 aromatic carbocycles. The predicted molar refractivity (Wildman–Crippen MR) is 211 cm³/mol. The van der Waals surface area contributed by atoms with Gasteiger partial charge in [0.1, 0.15) is 0 Å². The number of nitrogens with zero attached hydrogens (tertiary/aromatic N) is 2. The van der Waals surface area contributed by atoms with E-state index < -0.39 is 0 Å². The molecule has 2 heteroatoms. The number of hydrogen-bond acceptors (Lipinski definition) is 0. The molecule has 236 valence electrons. The van der Waals surface area contributed by atoms with Gasteiger partial charge < -0.3 is 9.13 Å². The van der Waals surface area contributed by atoms with Crippen molar-refractivity contribution < 1.29 is 0 Å². The summed E-state index contributed by atoms with van der Waals surface area (Å²) < 4.78 is 4.98. The summed E-state index contributed by atoms with van der Waals surface area (Å²) in [5, 5.41) is 5.01. The van der Waals surface area contributed by atoms with Crippen LogP contribution in [0.4, 0.5) is 0 Å². The molecule has 0 N–H and O–H groups in total. The number of hydrogen-bond donors (Lipinski definition) is 0. The van der Waals surface area contributed by atoms with E-state index in [0.29, 0.717) is 5.92 Å². The van der Waals surface area contributed by atoms with Crippen molar-refractivity contribution in [2.45, 2.75) is 12.3 Å². The Hall–Kier alpha value is -6.38. The number of para-hydroxylation sites is 3. The quantitative estimate of drug-likeness (QED) is 0.178. The van der Waals surface area contributed by atoms with Gasteiger partial charge in [-0.05, 0) is 59.0 Å². The summed E-state index contributed by atoms with van der Waals surface area (Å²) in [6, 6.07) is 61.9. The maximum Gasteiger partial charge on any atom is 0.0789 e. The molecule has 0 aliphatic heterocycles. The van der Waals surface area contributed by atoms with E-state index in [4.69, 9.17) is 0 Å². The Labute approximate surface area is 291 Å². The lowest BCUT2D eigenvalue weighted by Crippen LogP contribution is -2.01. The average Bonchev–Trinajstić information content (AvgIpc) is 3.72. The molecule has 0 amide bonds. The van der Waals surface area contributed by atoms with Crippen LogP contribution >= 0.6 is 0 Å². The molecule has 0 saturated carbocycles. The molecule has 9 aromatic rings. The van der Waals surface area contributed by atoms with Crippen LogP contribution in [0.5, 0.6) is 0 Å². The molecule has 10 rings (SSSR count). The third-order valence-electron chi connectivity index (χ3n) is 10.5. The van der Waals surface area contributed by atoms with Gasteiger partial charge in [-0.25, -0.2) is 0 Å². The fourth-order valence-electron chi connectivity index (χ4n) is 8.13. The van der Waals surface area contributed by atoms with Gasteiger partial charge in [-0.3, -0.25) is 0 Å². The highest BCUT2D eigenvalue weighted by atomic mass is 15.0. The first-order chi connectivity index (χ1) is 24.8. The van der Waals surface area contributed by atoms with Crippen molar-refractivity contribution in [2.24, 2.45) is 0 Å².